The number of fused-ring (bicyclic) bond motifs is 2. The molecule has 1 radical (unpaired) electrons. The lowest BCUT2D eigenvalue weighted by atomic mass is 9.69. The minimum absolute atomic E-state index is 0.00488. The zero-order valence-electron chi connectivity index (χ0n) is 28.8. The summed E-state index contributed by atoms with van der Waals surface area (Å²) in [6.45, 7) is 18.3. The fourth-order valence-electron chi connectivity index (χ4n) is 7.46. The van der Waals surface area contributed by atoms with Crippen LogP contribution in [0, 0.1) is 17.3 Å². The number of hydrogen-bond donors (Lipinski definition) is 1. The lowest BCUT2D eigenvalue weighted by molar-refractivity contribution is -0.116. The van der Waals surface area contributed by atoms with Crippen LogP contribution in [-0.4, -0.2) is 14.9 Å². The molecule has 1 fully saturated rings. The summed E-state index contributed by atoms with van der Waals surface area (Å²) in [4.78, 5) is 14.0. The highest BCUT2D eigenvalue weighted by Gasteiger charge is 2.37. The molecule has 241 valence electrons. The number of rotatable bonds is 9. The molecule has 1 N–H and O–H groups in total. The molecule has 0 saturated heterocycles. The van der Waals surface area contributed by atoms with Crippen LogP contribution in [-0.2, 0) is 14.6 Å². The quantitative estimate of drug-likeness (QED) is 0.241. The summed E-state index contributed by atoms with van der Waals surface area (Å²) in [6.07, 6.45) is 8.26. The van der Waals surface area contributed by atoms with Crippen molar-refractivity contribution in [1.29, 1.82) is 0 Å². The van der Waals surface area contributed by atoms with E-state index in [1.165, 1.54) is 44.1 Å². The van der Waals surface area contributed by atoms with Crippen molar-refractivity contribution in [2.24, 2.45) is 17.3 Å². The Hall–Kier alpha value is -2.89. The Bertz CT molecular complexity index is 1420. The maximum Gasteiger partial charge on any atom is 0.225 e. The lowest BCUT2D eigenvalue weighted by Gasteiger charge is -2.41. The first-order valence-electron chi connectivity index (χ1n) is 17.1. The summed E-state index contributed by atoms with van der Waals surface area (Å²) in [5.74, 6) is 2.74. The Kier molecular flexibility index (Phi) is 10.3. The standard InChI is InChI=1S/C40H54NO3Si/c1-39(2,3)32-23-22-28(38(44-45(7)8)33(40(4,5)6)24-27-16-10-9-11-17-27)25-34(32)41-37(42)26-31-29-18-12-14-20-35(29)43-36-21-15-13-19-30(31)36/h12-15,18-23,25,27,31,33,38H,9-11,16-17,24,26H2,1-8H3,(H,41,42). The lowest BCUT2D eigenvalue weighted by Crippen LogP contribution is -2.33. The van der Waals surface area contributed by atoms with E-state index >= 15 is 0 Å². The molecule has 3 aromatic carbocycles. The van der Waals surface area contributed by atoms with Gasteiger partial charge in [-0.3, -0.25) is 4.79 Å². The van der Waals surface area contributed by atoms with E-state index in [0.29, 0.717) is 12.3 Å². The van der Waals surface area contributed by atoms with Crippen LogP contribution in [0.1, 0.15) is 121 Å². The molecule has 1 aliphatic carbocycles. The largest absolute Gasteiger partial charge is 0.457 e. The van der Waals surface area contributed by atoms with Gasteiger partial charge in [0.25, 0.3) is 0 Å². The molecule has 5 heteroatoms. The fraction of sp³-hybridized carbons (Fsp3) is 0.525. The molecule has 1 saturated carbocycles. The molecular formula is C40H54NO3Si. The first-order chi connectivity index (χ1) is 21.3. The van der Waals surface area contributed by atoms with Gasteiger partial charge in [0.15, 0.2) is 0 Å². The molecule has 5 rings (SSSR count). The number of para-hydroxylation sites is 2. The average Bonchev–Trinajstić information content (AvgIpc) is 2.98. The van der Waals surface area contributed by atoms with E-state index in [1.54, 1.807) is 0 Å². The second-order valence-electron chi connectivity index (χ2n) is 15.7. The molecule has 1 amide bonds. The van der Waals surface area contributed by atoms with Crippen molar-refractivity contribution in [3.8, 4) is 11.5 Å². The third kappa shape index (κ3) is 8.10. The highest BCUT2D eigenvalue weighted by Crippen LogP contribution is 2.48. The van der Waals surface area contributed by atoms with Crippen LogP contribution in [0.2, 0.25) is 13.1 Å². The van der Waals surface area contributed by atoms with Crippen molar-refractivity contribution in [2.75, 3.05) is 5.32 Å². The Morgan fingerprint density at radius 3 is 2.04 bits per heavy atom. The number of ether oxygens (including phenoxy) is 1. The van der Waals surface area contributed by atoms with Gasteiger partial charge < -0.3 is 14.5 Å². The molecule has 0 spiro atoms. The number of anilines is 1. The molecule has 1 heterocycles. The second-order valence-corrected chi connectivity index (χ2v) is 17.7. The van der Waals surface area contributed by atoms with Gasteiger partial charge in [-0.2, -0.15) is 0 Å². The maximum atomic E-state index is 14.0. The first kappa shape index (κ1) is 33.5. The van der Waals surface area contributed by atoms with Crippen LogP contribution >= 0.6 is 0 Å². The van der Waals surface area contributed by atoms with Gasteiger partial charge in [-0.25, -0.2) is 0 Å². The number of hydrogen-bond acceptors (Lipinski definition) is 3. The molecule has 2 unspecified atom stereocenters. The van der Waals surface area contributed by atoms with E-state index in [-0.39, 0.29) is 28.8 Å². The van der Waals surface area contributed by atoms with Crippen LogP contribution in [0.3, 0.4) is 0 Å². The summed E-state index contributed by atoms with van der Waals surface area (Å²) >= 11 is 0. The number of benzene rings is 3. The Balaban J connectivity index is 1.48. The summed E-state index contributed by atoms with van der Waals surface area (Å²) < 4.78 is 13.1. The van der Waals surface area contributed by atoms with Crippen molar-refractivity contribution >= 4 is 20.6 Å². The van der Waals surface area contributed by atoms with E-state index in [2.05, 4.69) is 90.3 Å². The minimum Gasteiger partial charge on any atom is -0.457 e. The van der Waals surface area contributed by atoms with Crippen molar-refractivity contribution in [2.45, 2.75) is 117 Å². The van der Waals surface area contributed by atoms with E-state index in [0.717, 1.165) is 39.8 Å². The van der Waals surface area contributed by atoms with Crippen molar-refractivity contribution in [1.82, 2.24) is 0 Å². The summed E-state index contributed by atoms with van der Waals surface area (Å²) in [5.41, 5.74) is 5.30. The van der Waals surface area contributed by atoms with Gasteiger partial charge in [-0.05, 0) is 71.5 Å². The molecule has 45 heavy (non-hydrogen) atoms. The zero-order chi connectivity index (χ0) is 32.4. The SMILES string of the molecule is C[Si](C)OC(c1ccc(C(C)(C)C)c(NC(=O)CC2c3ccccc3Oc3ccccc32)c1)C(CC1CCCCC1)C(C)(C)C. The van der Waals surface area contributed by atoms with Gasteiger partial charge in [-0.15, -0.1) is 0 Å². The predicted octanol–water partition coefficient (Wildman–Crippen LogP) is 11.2. The van der Waals surface area contributed by atoms with E-state index < -0.39 is 9.04 Å². The van der Waals surface area contributed by atoms with Crippen LogP contribution < -0.4 is 10.1 Å². The highest BCUT2D eigenvalue weighted by atomic mass is 28.3. The van der Waals surface area contributed by atoms with Crippen LogP contribution in [0.5, 0.6) is 11.5 Å². The van der Waals surface area contributed by atoms with Crippen molar-refractivity contribution in [3.63, 3.8) is 0 Å². The van der Waals surface area contributed by atoms with Crippen LogP contribution in [0.4, 0.5) is 5.69 Å². The van der Waals surface area contributed by atoms with E-state index in [1.807, 2.05) is 36.4 Å². The minimum atomic E-state index is -0.972. The normalized spacial score (nSPS) is 17.3. The first-order valence-corrected chi connectivity index (χ1v) is 19.5. The fourth-order valence-corrected chi connectivity index (χ4v) is 8.27. The van der Waals surface area contributed by atoms with Crippen molar-refractivity contribution in [3.05, 3.63) is 89.0 Å². The van der Waals surface area contributed by atoms with Gasteiger partial charge in [-0.1, -0.05) is 122 Å². The van der Waals surface area contributed by atoms with E-state index in [4.69, 9.17) is 9.16 Å². The Morgan fingerprint density at radius 2 is 1.49 bits per heavy atom. The number of carbonyl (C=O) groups excluding carboxylic acids is 1. The monoisotopic (exact) mass is 624 g/mol. The molecule has 0 aromatic heterocycles. The topological polar surface area (TPSA) is 47.6 Å². The summed E-state index contributed by atoms with van der Waals surface area (Å²) in [5, 5.41) is 3.41. The molecular weight excluding hydrogens is 571 g/mol. The molecule has 1 aliphatic heterocycles. The molecule has 2 aliphatic rings. The molecule has 3 aromatic rings. The Morgan fingerprint density at radius 1 is 0.889 bits per heavy atom. The third-order valence-corrected chi connectivity index (χ3v) is 10.5. The van der Waals surface area contributed by atoms with Gasteiger partial charge in [0, 0.05) is 29.2 Å². The molecule has 4 nitrogen and oxygen atoms in total. The van der Waals surface area contributed by atoms with Crippen LogP contribution in [0.15, 0.2) is 66.7 Å². The predicted molar refractivity (Wildman–Crippen MR) is 189 cm³/mol. The summed E-state index contributed by atoms with van der Waals surface area (Å²) in [6, 6.07) is 22.9. The van der Waals surface area contributed by atoms with Crippen LogP contribution in [0.25, 0.3) is 0 Å². The average molecular weight is 625 g/mol. The van der Waals surface area contributed by atoms with Crippen molar-refractivity contribution < 1.29 is 14.0 Å². The number of amides is 1. The Labute approximate surface area is 274 Å². The summed E-state index contributed by atoms with van der Waals surface area (Å²) in [7, 11) is -0.972. The smallest absolute Gasteiger partial charge is 0.225 e. The maximum absolute atomic E-state index is 14.0. The van der Waals surface area contributed by atoms with Gasteiger partial charge in [0.05, 0.1) is 6.10 Å². The molecule has 0 bridgehead atoms. The van der Waals surface area contributed by atoms with Gasteiger partial charge in [0.1, 0.15) is 11.5 Å². The number of carbonyl (C=O) groups is 1. The highest BCUT2D eigenvalue weighted by molar-refractivity contribution is 6.48. The number of nitrogens with one attached hydrogen (secondary N) is 1. The second kappa shape index (κ2) is 13.8. The molecule has 2 atom stereocenters. The van der Waals surface area contributed by atoms with Gasteiger partial charge >= 0.3 is 0 Å². The third-order valence-electron chi connectivity index (χ3n) is 9.81. The van der Waals surface area contributed by atoms with Gasteiger partial charge in [0.2, 0.25) is 14.9 Å². The van der Waals surface area contributed by atoms with E-state index in [9.17, 15) is 4.79 Å². The zero-order valence-corrected chi connectivity index (χ0v) is 29.8.